The fourth-order valence-electron chi connectivity index (χ4n) is 4.96. The predicted octanol–water partition coefficient (Wildman–Crippen LogP) is 6.05. The molecule has 0 saturated carbocycles. The molecule has 0 spiro atoms. The first kappa shape index (κ1) is 32.5. The molecule has 7 nitrogen and oxygen atoms in total. The third-order valence-corrected chi connectivity index (χ3v) is 9.43. The average Bonchev–Trinajstić information content (AvgIpc) is 3.02. The number of amides is 2. The fraction of sp³-hybridized carbons (Fsp3) is 0.278. The fourth-order valence-corrected chi connectivity index (χ4v) is 6.38. The third-order valence-electron chi connectivity index (χ3n) is 7.64. The molecule has 0 bridgehead atoms. The van der Waals surface area contributed by atoms with Crippen molar-refractivity contribution in [2.24, 2.45) is 0 Å². The number of aryl methyl sites for hydroxylation is 2. The Kier molecular flexibility index (Phi) is 11.0. The van der Waals surface area contributed by atoms with E-state index in [1.807, 2.05) is 82.3 Å². The van der Waals surface area contributed by atoms with Gasteiger partial charge in [0.25, 0.3) is 10.0 Å². The van der Waals surface area contributed by atoms with Crippen LogP contribution in [0.1, 0.15) is 42.5 Å². The number of rotatable bonds is 13. The average molecular weight is 612 g/mol. The zero-order valence-corrected chi connectivity index (χ0v) is 26.6. The van der Waals surface area contributed by atoms with Crippen molar-refractivity contribution in [2.75, 3.05) is 10.8 Å². The highest BCUT2D eigenvalue weighted by molar-refractivity contribution is 7.92. The molecule has 0 aliphatic heterocycles. The first-order chi connectivity index (χ1) is 21.1. The lowest BCUT2D eigenvalue weighted by molar-refractivity contribution is -0.140. The van der Waals surface area contributed by atoms with Gasteiger partial charge in [0, 0.05) is 19.0 Å². The van der Waals surface area contributed by atoms with Crippen LogP contribution in [0, 0.1) is 13.8 Å². The summed E-state index contributed by atoms with van der Waals surface area (Å²) >= 11 is 0. The lowest BCUT2D eigenvalue weighted by atomic mass is 10.0. The van der Waals surface area contributed by atoms with E-state index in [1.165, 1.54) is 4.90 Å². The van der Waals surface area contributed by atoms with E-state index in [0.717, 1.165) is 33.0 Å². The van der Waals surface area contributed by atoms with Gasteiger partial charge in [0.2, 0.25) is 11.8 Å². The van der Waals surface area contributed by atoms with Crippen molar-refractivity contribution in [2.45, 2.75) is 64.1 Å². The van der Waals surface area contributed by atoms with Gasteiger partial charge in [0.05, 0.1) is 10.6 Å². The van der Waals surface area contributed by atoms with E-state index in [4.69, 9.17) is 0 Å². The molecule has 0 radical (unpaired) electrons. The standard InChI is InChI=1S/C36H41N3O4S/c1-5-29(4)37-36(41)34(24-30-14-8-6-9-15-30)38(25-31-16-12-13-28(3)23-31)35(40)26-39(32-17-10-7-11-18-32)44(42,43)33-21-19-27(2)20-22-33/h6-23,29,34H,5,24-26H2,1-4H3,(H,37,41)/t29-,34+/m0/s1. The van der Waals surface area contributed by atoms with Crippen molar-refractivity contribution in [1.82, 2.24) is 10.2 Å². The van der Waals surface area contributed by atoms with Crippen LogP contribution in [-0.4, -0.2) is 43.8 Å². The van der Waals surface area contributed by atoms with Crippen LogP contribution in [-0.2, 0) is 32.6 Å². The summed E-state index contributed by atoms with van der Waals surface area (Å²) in [5.41, 5.74) is 4.05. The highest BCUT2D eigenvalue weighted by atomic mass is 32.2. The second-order valence-electron chi connectivity index (χ2n) is 11.2. The molecule has 1 N–H and O–H groups in total. The van der Waals surface area contributed by atoms with Crippen molar-refractivity contribution >= 4 is 27.5 Å². The zero-order valence-electron chi connectivity index (χ0n) is 25.8. The number of sulfonamides is 1. The number of anilines is 1. The van der Waals surface area contributed by atoms with Crippen LogP contribution in [0.25, 0.3) is 0 Å². The second kappa shape index (κ2) is 14.8. The number of benzene rings is 4. The van der Waals surface area contributed by atoms with E-state index < -0.39 is 28.5 Å². The molecule has 0 aliphatic carbocycles. The van der Waals surface area contributed by atoms with Gasteiger partial charge in [-0.3, -0.25) is 13.9 Å². The molecule has 44 heavy (non-hydrogen) atoms. The van der Waals surface area contributed by atoms with E-state index in [2.05, 4.69) is 5.32 Å². The minimum atomic E-state index is -4.12. The molecule has 0 unspecified atom stereocenters. The van der Waals surface area contributed by atoms with Gasteiger partial charge in [-0.05, 0) is 62.6 Å². The molecule has 0 aliphatic rings. The number of nitrogens with one attached hydrogen (secondary N) is 1. The van der Waals surface area contributed by atoms with Crippen LogP contribution in [0.15, 0.2) is 114 Å². The van der Waals surface area contributed by atoms with Gasteiger partial charge in [-0.1, -0.05) is 103 Å². The molecule has 4 rings (SSSR count). The van der Waals surface area contributed by atoms with Crippen molar-refractivity contribution < 1.29 is 18.0 Å². The van der Waals surface area contributed by atoms with Crippen LogP contribution in [0.4, 0.5) is 5.69 Å². The van der Waals surface area contributed by atoms with Crippen LogP contribution in [0.5, 0.6) is 0 Å². The molecule has 0 heterocycles. The minimum Gasteiger partial charge on any atom is -0.352 e. The molecule has 230 valence electrons. The molecule has 0 fully saturated rings. The molecule has 0 saturated heterocycles. The van der Waals surface area contributed by atoms with Gasteiger partial charge in [-0.2, -0.15) is 0 Å². The van der Waals surface area contributed by atoms with Gasteiger partial charge in [0.1, 0.15) is 12.6 Å². The smallest absolute Gasteiger partial charge is 0.264 e. The lowest BCUT2D eigenvalue weighted by Gasteiger charge is -2.34. The van der Waals surface area contributed by atoms with Crippen LogP contribution in [0.3, 0.4) is 0 Å². The number of hydrogen-bond donors (Lipinski definition) is 1. The summed E-state index contributed by atoms with van der Waals surface area (Å²) in [5, 5.41) is 3.06. The molecular formula is C36H41N3O4S. The predicted molar refractivity (Wildman–Crippen MR) is 176 cm³/mol. The molecule has 2 amide bonds. The van der Waals surface area contributed by atoms with Crippen LogP contribution in [0.2, 0.25) is 0 Å². The Bertz CT molecular complexity index is 1640. The minimum absolute atomic E-state index is 0.0836. The van der Waals surface area contributed by atoms with Crippen LogP contribution >= 0.6 is 0 Å². The van der Waals surface area contributed by atoms with Crippen molar-refractivity contribution in [3.8, 4) is 0 Å². The molecule has 0 aromatic heterocycles. The summed E-state index contributed by atoms with van der Waals surface area (Å²) in [6.07, 6.45) is 1.00. The maximum Gasteiger partial charge on any atom is 0.264 e. The first-order valence-corrected chi connectivity index (χ1v) is 16.4. The Morgan fingerprint density at radius 2 is 1.39 bits per heavy atom. The number of para-hydroxylation sites is 1. The van der Waals surface area contributed by atoms with Gasteiger partial charge in [0.15, 0.2) is 0 Å². The van der Waals surface area contributed by atoms with Gasteiger partial charge < -0.3 is 10.2 Å². The van der Waals surface area contributed by atoms with E-state index in [9.17, 15) is 18.0 Å². The molecular weight excluding hydrogens is 570 g/mol. The summed E-state index contributed by atoms with van der Waals surface area (Å²) in [6, 6.07) is 31.5. The quantitative estimate of drug-likeness (QED) is 0.199. The summed E-state index contributed by atoms with van der Waals surface area (Å²) in [6.45, 7) is 7.43. The zero-order chi connectivity index (χ0) is 31.7. The van der Waals surface area contributed by atoms with Crippen molar-refractivity contribution in [3.63, 3.8) is 0 Å². The highest BCUT2D eigenvalue weighted by Gasteiger charge is 2.35. The summed E-state index contributed by atoms with van der Waals surface area (Å²) < 4.78 is 29.3. The van der Waals surface area contributed by atoms with Gasteiger partial charge >= 0.3 is 0 Å². The van der Waals surface area contributed by atoms with Gasteiger partial charge in [-0.15, -0.1) is 0 Å². The second-order valence-corrected chi connectivity index (χ2v) is 13.1. The Labute approximate surface area is 261 Å². The monoisotopic (exact) mass is 611 g/mol. The number of carbonyl (C=O) groups excluding carboxylic acids is 2. The van der Waals surface area contributed by atoms with E-state index in [0.29, 0.717) is 5.69 Å². The number of nitrogens with zero attached hydrogens (tertiary/aromatic N) is 2. The Morgan fingerprint density at radius 3 is 2.00 bits per heavy atom. The van der Waals surface area contributed by atoms with E-state index >= 15 is 0 Å². The van der Waals surface area contributed by atoms with Crippen molar-refractivity contribution in [1.29, 1.82) is 0 Å². The topological polar surface area (TPSA) is 86.8 Å². The molecule has 8 heteroatoms. The van der Waals surface area contributed by atoms with E-state index in [1.54, 1.807) is 54.6 Å². The molecule has 4 aromatic carbocycles. The summed E-state index contributed by atoms with van der Waals surface area (Å²) in [5.74, 6) is -0.761. The third kappa shape index (κ3) is 8.35. The highest BCUT2D eigenvalue weighted by Crippen LogP contribution is 2.25. The Hall–Kier alpha value is -4.43. The van der Waals surface area contributed by atoms with Gasteiger partial charge in [-0.25, -0.2) is 8.42 Å². The Morgan fingerprint density at radius 1 is 0.773 bits per heavy atom. The van der Waals surface area contributed by atoms with Crippen molar-refractivity contribution in [3.05, 3.63) is 131 Å². The SMILES string of the molecule is CC[C@H](C)NC(=O)[C@@H](Cc1ccccc1)N(Cc1cccc(C)c1)C(=O)CN(c1ccccc1)S(=O)(=O)c1ccc(C)cc1. The first-order valence-electron chi connectivity index (χ1n) is 14.9. The number of carbonyl (C=O) groups is 2. The molecule has 2 atom stereocenters. The van der Waals surface area contributed by atoms with E-state index in [-0.39, 0.29) is 29.8 Å². The normalized spacial score (nSPS) is 12.6. The summed E-state index contributed by atoms with van der Waals surface area (Å²) in [4.78, 5) is 30.0. The molecule has 4 aromatic rings. The van der Waals surface area contributed by atoms with Crippen LogP contribution < -0.4 is 9.62 Å². The largest absolute Gasteiger partial charge is 0.352 e. The maximum absolute atomic E-state index is 14.5. The lowest BCUT2D eigenvalue weighted by Crippen LogP contribution is -2.54. The Balaban J connectivity index is 1.79. The summed E-state index contributed by atoms with van der Waals surface area (Å²) in [7, 11) is -4.12. The number of hydrogen-bond acceptors (Lipinski definition) is 4. The maximum atomic E-state index is 14.5.